The Morgan fingerprint density at radius 1 is 0.893 bits per heavy atom. The number of rotatable bonds is 15. The number of aliphatic hydroxyl groups is 1. The van der Waals surface area contributed by atoms with E-state index in [0.29, 0.717) is 0 Å². The van der Waals surface area contributed by atoms with Crippen LogP contribution in [0.2, 0.25) is 31.4 Å². The maximum atomic E-state index is 10.7. The standard InChI is InChI=1S/C12H25O2Si.3C4H9.Sn/c1-8-10(13)11(9-2)14-15(6,7)12(3,4)5;3*1-3-4-2;/h2,9-11,13H,8H2,1,3-7H3;3*1,3-4H2,2H3;/t10-,11+;;;;/m1..../s1. The second-order valence-electron chi connectivity index (χ2n) is 10.4. The van der Waals surface area contributed by atoms with Crippen LogP contribution in [0.5, 0.6) is 0 Å². The SMILES string of the molecule is CCC[CH2][Sn](/[CH]=C/[C@H](O[Si](C)(C)C(C)(C)C)[C@H](O)CC)([CH2]CCC)[CH2]CCC. The molecule has 28 heavy (non-hydrogen) atoms. The van der Waals surface area contributed by atoms with Crippen molar-refractivity contribution in [1.29, 1.82) is 0 Å². The molecule has 168 valence electrons. The monoisotopic (exact) mass is 520 g/mol. The molecule has 0 fully saturated rings. The first kappa shape index (κ1) is 28.7. The van der Waals surface area contributed by atoms with Crippen LogP contribution in [-0.4, -0.2) is 44.0 Å². The Hall–Kier alpha value is 0.676. The summed E-state index contributed by atoms with van der Waals surface area (Å²) in [6, 6.07) is 0. The molecule has 0 spiro atoms. The zero-order valence-electron chi connectivity index (χ0n) is 20.7. The molecule has 0 bridgehead atoms. The van der Waals surface area contributed by atoms with Gasteiger partial charge in [0.15, 0.2) is 0 Å². The van der Waals surface area contributed by atoms with Gasteiger partial charge in [-0.05, 0) is 0 Å². The molecular weight excluding hydrogens is 467 g/mol. The fourth-order valence-corrected chi connectivity index (χ4v) is 19.1. The average Bonchev–Trinajstić information content (AvgIpc) is 2.64. The summed E-state index contributed by atoms with van der Waals surface area (Å²) < 4.78 is 13.8. The van der Waals surface area contributed by atoms with Crippen molar-refractivity contribution in [2.24, 2.45) is 0 Å². The van der Waals surface area contributed by atoms with Crippen LogP contribution in [0, 0.1) is 0 Å². The van der Waals surface area contributed by atoms with E-state index in [4.69, 9.17) is 4.43 Å². The third kappa shape index (κ3) is 10.1. The van der Waals surface area contributed by atoms with Crippen LogP contribution in [0.25, 0.3) is 0 Å². The fraction of sp³-hybridized carbons (Fsp3) is 0.917. The third-order valence-corrected chi connectivity index (χ3v) is 25.4. The van der Waals surface area contributed by atoms with Crippen LogP contribution in [-0.2, 0) is 4.43 Å². The van der Waals surface area contributed by atoms with E-state index < -0.39 is 32.8 Å². The maximum absolute atomic E-state index is 10.7. The average molecular weight is 519 g/mol. The summed E-state index contributed by atoms with van der Waals surface area (Å²) in [5, 5.41) is 10.9. The Morgan fingerprint density at radius 3 is 1.64 bits per heavy atom. The van der Waals surface area contributed by atoms with Gasteiger partial charge < -0.3 is 0 Å². The first-order chi connectivity index (χ1) is 13.0. The molecule has 0 aromatic heterocycles. The van der Waals surface area contributed by atoms with Crippen molar-refractivity contribution in [3.63, 3.8) is 0 Å². The van der Waals surface area contributed by atoms with E-state index in [1.807, 2.05) is 0 Å². The predicted molar refractivity (Wildman–Crippen MR) is 132 cm³/mol. The number of unbranched alkanes of at least 4 members (excludes halogenated alkanes) is 3. The normalized spacial score (nSPS) is 15.9. The Morgan fingerprint density at radius 2 is 1.32 bits per heavy atom. The van der Waals surface area contributed by atoms with Crippen molar-refractivity contribution in [3.05, 3.63) is 10.2 Å². The molecule has 2 atom stereocenters. The number of aliphatic hydroxyl groups excluding tert-OH is 1. The minimum absolute atomic E-state index is 0.133. The molecular formula is C24H52O2SiSn. The van der Waals surface area contributed by atoms with Crippen molar-refractivity contribution in [1.82, 2.24) is 0 Å². The van der Waals surface area contributed by atoms with Gasteiger partial charge in [0, 0.05) is 0 Å². The van der Waals surface area contributed by atoms with Gasteiger partial charge in [0.2, 0.25) is 0 Å². The topological polar surface area (TPSA) is 29.5 Å². The van der Waals surface area contributed by atoms with Crippen molar-refractivity contribution in [2.45, 2.75) is 137 Å². The molecule has 0 rings (SSSR count). The van der Waals surface area contributed by atoms with Crippen molar-refractivity contribution in [2.75, 3.05) is 0 Å². The summed E-state index contributed by atoms with van der Waals surface area (Å²) in [6.07, 6.45) is 10.6. The Labute approximate surface area is 182 Å². The third-order valence-electron chi connectivity index (χ3n) is 6.76. The molecule has 0 aliphatic heterocycles. The van der Waals surface area contributed by atoms with E-state index in [1.54, 1.807) is 0 Å². The van der Waals surface area contributed by atoms with Gasteiger partial charge in [-0.25, -0.2) is 0 Å². The van der Waals surface area contributed by atoms with Crippen LogP contribution in [0.15, 0.2) is 10.2 Å². The van der Waals surface area contributed by atoms with Crippen molar-refractivity contribution < 1.29 is 9.53 Å². The van der Waals surface area contributed by atoms with E-state index in [1.165, 1.54) is 51.8 Å². The molecule has 0 amide bonds. The summed E-state index contributed by atoms with van der Waals surface area (Å²) in [7, 11) is -1.91. The van der Waals surface area contributed by atoms with Crippen LogP contribution in [0.3, 0.4) is 0 Å². The molecule has 0 radical (unpaired) electrons. The van der Waals surface area contributed by atoms with Crippen LogP contribution < -0.4 is 0 Å². The molecule has 0 heterocycles. The van der Waals surface area contributed by atoms with E-state index in [2.05, 4.69) is 71.7 Å². The predicted octanol–water partition coefficient (Wildman–Crippen LogP) is 8.09. The van der Waals surface area contributed by atoms with Gasteiger partial charge >= 0.3 is 183 Å². The minimum atomic E-state index is -2.34. The van der Waals surface area contributed by atoms with Gasteiger partial charge in [0.05, 0.1) is 0 Å². The first-order valence-electron chi connectivity index (χ1n) is 12.0. The molecule has 0 aliphatic carbocycles. The van der Waals surface area contributed by atoms with Gasteiger partial charge in [-0.1, -0.05) is 0 Å². The molecule has 1 N–H and O–H groups in total. The summed E-state index contributed by atoms with van der Waals surface area (Å²) >= 11 is -2.34. The van der Waals surface area contributed by atoms with E-state index in [0.717, 1.165) is 6.42 Å². The molecule has 4 heteroatoms. The fourth-order valence-electron chi connectivity index (χ4n) is 3.51. The van der Waals surface area contributed by atoms with Gasteiger partial charge in [-0.3, -0.25) is 0 Å². The quantitative estimate of drug-likeness (QED) is 0.222. The second-order valence-corrected chi connectivity index (χ2v) is 28.1. The van der Waals surface area contributed by atoms with E-state index in [9.17, 15) is 5.11 Å². The zero-order valence-corrected chi connectivity index (χ0v) is 24.6. The van der Waals surface area contributed by atoms with E-state index in [-0.39, 0.29) is 11.1 Å². The van der Waals surface area contributed by atoms with E-state index >= 15 is 0 Å². The first-order valence-corrected chi connectivity index (χ1v) is 22.6. The summed E-state index contributed by atoms with van der Waals surface area (Å²) in [5.74, 6) is 0. The van der Waals surface area contributed by atoms with Crippen LogP contribution in [0.4, 0.5) is 0 Å². The molecule has 0 aromatic rings. The molecule has 0 unspecified atom stereocenters. The number of hydrogen-bond acceptors (Lipinski definition) is 2. The van der Waals surface area contributed by atoms with Gasteiger partial charge in [0.25, 0.3) is 0 Å². The van der Waals surface area contributed by atoms with Crippen molar-refractivity contribution in [3.8, 4) is 0 Å². The molecule has 0 saturated carbocycles. The summed E-state index contributed by atoms with van der Waals surface area (Å²) in [6.45, 7) is 20.5. The van der Waals surface area contributed by atoms with Gasteiger partial charge in [-0.15, -0.1) is 0 Å². The Balaban J connectivity index is 5.71. The van der Waals surface area contributed by atoms with Crippen LogP contribution in [0.1, 0.15) is 93.4 Å². The van der Waals surface area contributed by atoms with Crippen LogP contribution >= 0.6 is 0 Å². The summed E-state index contributed by atoms with van der Waals surface area (Å²) in [4.78, 5) is 0. The molecule has 0 saturated heterocycles. The zero-order chi connectivity index (χ0) is 21.8. The second kappa shape index (κ2) is 13.9. The number of hydrogen-bond donors (Lipinski definition) is 1. The summed E-state index contributed by atoms with van der Waals surface area (Å²) in [5.41, 5.74) is 0. The Bertz CT molecular complexity index is 407. The molecule has 0 aliphatic rings. The van der Waals surface area contributed by atoms with Crippen molar-refractivity contribution >= 4 is 26.7 Å². The molecule has 0 aromatic carbocycles. The molecule has 2 nitrogen and oxygen atoms in total. The van der Waals surface area contributed by atoms with Gasteiger partial charge in [0.1, 0.15) is 0 Å². The van der Waals surface area contributed by atoms with Gasteiger partial charge in [-0.2, -0.15) is 0 Å². The Kier molecular flexibility index (Phi) is 14.2.